The number of H-pyrrole nitrogens is 1. The molecule has 19 heavy (non-hydrogen) atoms. The molecule has 3 rings (SSSR count). The molecule has 2 aliphatic heterocycles. The number of aryl methyl sites for hydroxylation is 1. The molecular formula is C16H22N2O. The zero-order valence-electron chi connectivity index (χ0n) is 12.1. The second-order valence-corrected chi connectivity index (χ2v) is 5.80. The van der Waals surface area contributed by atoms with Gasteiger partial charge in [0.1, 0.15) is 0 Å². The quantitative estimate of drug-likeness (QED) is 0.885. The number of hydrogen-bond donors (Lipinski definition) is 1. The van der Waals surface area contributed by atoms with E-state index in [1.54, 1.807) is 6.33 Å². The summed E-state index contributed by atoms with van der Waals surface area (Å²) in [6, 6.07) is 4.34. The van der Waals surface area contributed by atoms with Crippen molar-refractivity contribution < 1.29 is 4.74 Å². The van der Waals surface area contributed by atoms with E-state index < -0.39 is 0 Å². The van der Waals surface area contributed by atoms with Crippen molar-refractivity contribution in [1.29, 1.82) is 0 Å². The van der Waals surface area contributed by atoms with Gasteiger partial charge in [0.15, 0.2) is 0 Å². The number of aromatic nitrogens is 2. The highest BCUT2D eigenvalue weighted by Crippen LogP contribution is 2.46. The molecule has 3 nitrogen and oxygen atoms in total. The molecule has 1 fully saturated rings. The fourth-order valence-corrected chi connectivity index (χ4v) is 3.31. The van der Waals surface area contributed by atoms with Crippen molar-refractivity contribution in [3.8, 4) is 11.3 Å². The maximum atomic E-state index is 6.28. The Hall–Kier alpha value is -1.35. The molecule has 0 radical (unpaired) electrons. The monoisotopic (exact) mass is 258 g/mol. The average Bonchev–Trinajstić information content (AvgIpc) is 2.94. The Bertz CT molecular complexity index is 548. The minimum absolute atomic E-state index is 0.187. The van der Waals surface area contributed by atoms with Crippen LogP contribution in [0.4, 0.5) is 0 Å². The van der Waals surface area contributed by atoms with E-state index in [-0.39, 0.29) is 6.10 Å². The van der Waals surface area contributed by atoms with Crippen LogP contribution < -0.4 is 0 Å². The summed E-state index contributed by atoms with van der Waals surface area (Å²) in [5.74, 6) is 1.15. The van der Waals surface area contributed by atoms with Gasteiger partial charge < -0.3 is 9.72 Å². The summed E-state index contributed by atoms with van der Waals surface area (Å²) >= 11 is 0. The second-order valence-electron chi connectivity index (χ2n) is 5.80. The fourth-order valence-electron chi connectivity index (χ4n) is 3.31. The number of aromatic amines is 1. The number of hydrogen-bond acceptors (Lipinski definition) is 2. The molecule has 0 aromatic rings. The van der Waals surface area contributed by atoms with E-state index in [4.69, 9.17) is 4.74 Å². The van der Waals surface area contributed by atoms with Gasteiger partial charge in [0.2, 0.25) is 0 Å². The lowest BCUT2D eigenvalue weighted by Crippen LogP contribution is -2.14. The van der Waals surface area contributed by atoms with Crippen LogP contribution in [0.25, 0.3) is 11.3 Å². The lowest BCUT2D eigenvalue weighted by atomic mass is 9.87. The van der Waals surface area contributed by atoms with Gasteiger partial charge in [0.05, 0.1) is 24.2 Å². The Morgan fingerprint density at radius 3 is 2.74 bits per heavy atom. The van der Waals surface area contributed by atoms with Crippen molar-refractivity contribution in [2.45, 2.75) is 46.3 Å². The second kappa shape index (κ2) is 4.64. The minimum Gasteiger partial charge on any atom is -0.370 e. The lowest BCUT2D eigenvalue weighted by molar-refractivity contribution is 0.0284. The van der Waals surface area contributed by atoms with Gasteiger partial charge in [-0.3, -0.25) is 0 Å². The van der Waals surface area contributed by atoms with Gasteiger partial charge in [-0.15, -0.1) is 0 Å². The molecule has 0 aromatic heterocycles. The lowest BCUT2D eigenvalue weighted by Gasteiger charge is -2.17. The molecule has 1 aliphatic carbocycles. The van der Waals surface area contributed by atoms with Crippen LogP contribution in [0.3, 0.4) is 0 Å². The van der Waals surface area contributed by atoms with Crippen molar-refractivity contribution in [3.63, 3.8) is 0 Å². The van der Waals surface area contributed by atoms with Gasteiger partial charge in [-0.1, -0.05) is 32.9 Å². The van der Waals surface area contributed by atoms with E-state index in [9.17, 15) is 0 Å². The molecule has 4 atom stereocenters. The summed E-state index contributed by atoms with van der Waals surface area (Å²) in [4.78, 5) is 7.69. The maximum absolute atomic E-state index is 6.28. The van der Waals surface area contributed by atoms with E-state index >= 15 is 0 Å². The van der Waals surface area contributed by atoms with E-state index in [1.807, 2.05) is 0 Å². The average molecular weight is 258 g/mol. The van der Waals surface area contributed by atoms with Crippen LogP contribution in [0.15, 0.2) is 18.5 Å². The van der Waals surface area contributed by atoms with Gasteiger partial charge in [-0.25, -0.2) is 4.98 Å². The highest BCUT2D eigenvalue weighted by Gasteiger charge is 2.40. The summed E-state index contributed by atoms with van der Waals surface area (Å²) < 4.78 is 6.28. The molecule has 0 spiro atoms. The van der Waals surface area contributed by atoms with Crippen LogP contribution in [0, 0.1) is 18.8 Å². The summed E-state index contributed by atoms with van der Waals surface area (Å²) in [5, 5.41) is 0. The van der Waals surface area contributed by atoms with Crippen molar-refractivity contribution in [1.82, 2.24) is 9.97 Å². The Balaban J connectivity index is 1.99. The van der Waals surface area contributed by atoms with E-state index in [1.165, 1.54) is 16.8 Å². The predicted molar refractivity (Wildman–Crippen MR) is 76.2 cm³/mol. The van der Waals surface area contributed by atoms with Crippen molar-refractivity contribution in [2.24, 2.45) is 11.8 Å². The highest BCUT2D eigenvalue weighted by molar-refractivity contribution is 5.69. The zero-order valence-corrected chi connectivity index (χ0v) is 12.1. The first-order valence-corrected chi connectivity index (χ1v) is 7.21. The Morgan fingerprint density at radius 1 is 1.26 bits per heavy atom. The van der Waals surface area contributed by atoms with E-state index in [0.29, 0.717) is 17.9 Å². The Kier molecular flexibility index (Phi) is 3.09. The van der Waals surface area contributed by atoms with Crippen molar-refractivity contribution >= 4 is 0 Å². The van der Waals surface area contributed by atoms with Crippen molar-refractivity contribution in [2.75, 3.05) is 0 Å². The highest BCUT2D eigenvalue weighted by atomic mass is 16.5. The number of ether oxygens (including phenoxy) is 1. The first-order valence-electron chi connectivity index (χ1n) is 7.21. The number of fused-ring (bicyclic) bond motifs is 1. The fraction of sp³-hybridized carbons (Fsp3) is 0.562. The van der Waals surface area contributed by atoms with Gasteiger partial charge >= 0.3 is 0 Å². The summed E-state index contributed by atoms with van der Waals surface area (Å²) in [6.07, 6.45) is 3.43. The van der Waals surface area contributed by atoms with Crippen LogP contribution in [-0.4, -0.2) is 16.1 Å². The van der Waals surface area contributed by atoms with Gasteiger partial charge in [-0.05, 0) is 25.2 Å². The third-order valence-corrected chi connectivity index (χ3v) is 4.76. The summed E-state index contributed by atoms with van der Waals surface area (Å²) in [6.45, 7) is 8.89. The molecule has 0 bridgehead atoms. The standard InChI is InChI=1S/C16H22N2O/c1-5-14-9(2)10(3)16(19-14)13-7-6-12-11(4)17-8-18-15(12)13/h6-10,14,16H,5H2,1-4H3,(H,17,18). The first kappa shape index (κ1) is 12.7. The molecule has 0 saturated carbocycles. The molecule has 3 heteroatoms. The molecule has 0 amide bonds. The Morgan fingerprint density at radius 2 is 2.05 bits per heavy atom. The molecule has 4 unspecified atom stereocenters. The first-order chi connectivity index (χ1) is 9.13. The Labute approximate surface area is 114 Å². The van der Waals surface area contributed by atoms with Crippen molar-refractivity contribution in [3.05, 3.63) is 29.7 Å². The van der Waals surface area contributed by atoms with Crippen LogP contribution in [0.2, 0.25) is 0 Å². The van der Waals surface area contributed by atoms with Crippen LogP contribution in [0.1, 0.15) is 44.6 Å². The van der Waals surface area contributed by atoms with E-state index in [2.05, 4.69) is 49.8 Å². The van der Waals surface area contributed by atoms with Crippen LogP contribution in [0.5, 0.6) is 0 Å². The van der Waals surface area contributed by atoms with E-state index in [0.717, 1.165) is 12.1 Å². The SMILES string of the molecule is CCC1OC(c2ccc3c(C)[nH]cnc2-3)C(C)C1C. The molecule has 1 saturated heterocycles. The van der Waals surface area contributed by atoms with Crippen LogP contribution >= 0.6 is 0 Å². The normalized spacial score (nSPS) is 31.2. The molecule has 3 aliphatic rings. The third kappa shape index (κ3) is 1.88. The number of nitrogens with zero attached hydrogens (tertiary/aromatic N) is 1. The largest absolute Gasteiger partial charge is 0.370 e. The number of rotatable bonds is 2. The van der Waals surface area contributed by atoms with Gasteiger partial charge in [0.25, 0.3) is 0 Å². The smallest absolute Gasteiger partial charge is 0.0928 e. The number of nitrogens with one attached hydrogen (secondary N) is 1. The van der Waals surface area contributed by atoms with Gasteiger partial charge in [0, 0.05) is 16.8 Å². The molecule has 2 heterocycles. The predicted octanol–water partition coefficient (Wildman–Crippen LogP) is 3.95. The molecular weight excluding hydrogens is 236 g/mol. The zero-order chi connectivity index (χ0) is 13.6. The third-order valence-electron chi connectivity index (χ3n) is 4.76. The maximum Gasteiger partial charge on any atom is 0.0928 e. The summed E-state index contributed by atoms with van der Waals surface area (Å²) in [7, 11) is 0. The summed E-state index contributed by atoms with van der Waals surface area (Å²) in [5.41, 5.74) is 4.72. The topological polar surface area (TPSA) is 37.9 Å². The minimum atomic E-state index is 0.187. The molecule has 102 valence electrons. The van der Waals surface area contributed by atoms with Gasteiger partial charge in [-0.2, -0.15) is 0 Å². The van der Waals surface area contributed by atoms with Crippen LogP contribution in [-0.2, 0) is 4.74 Å². The molecule has 1 N–H and O–H groups in total. The molecule has 0 aromatic carbocycles.